The van der Waals surface area contributed by atoms with E-state index in [2.05, 4.69) is 76.6 Å². The van der Waals surface area contributed by atoms with Gasteiger partial charge in [0.25, 0.3) is 0 Å². The Bertz CT molecular complexity index is 697. The van der Waals surface area contributed by atoms with Gasteiger partial charge in [0.1, 0.15) is 0 Å². The van der Waals surface area contributed by atoms with Crippen molar-refractivity contribution in [2.75, 3.05) is 0 Å². The number of hydrogen-bond acceptors (Lipinski definition) is 0. The topological polar surface area (TPSA) is 0 Å². The van der Waals surface area contributed by atoms with Crippen LogP contribution in [0.2, 0.25) is 0 Å². The molecule has 24 heavy (non-hydrogen) atoms. The van der Waals surface area contributed by atoms with Crippen LogP contribution in [0.4, 0.5) is 0 Å². The minimum Gasteiger partial charge on any atom is -0.115 e. The van der Waals surface area contributed by atoms with E-state index < -0.39 is 0 Å². The van der Waals surface area contributed by atoms with Crippen LogP contribution in [0, 0.1) is 12.3 Å². The van der Waals surface area contributed by atoms with E-state index in [0.717, 1.165) is 24.8 Å². The molecule has 0 nitrogen and oxygen atoms in total. The minimum absolute atomic E-state index is 0.991. The lowest BCUT2D eigenvalue weighted by atomic mass is 9.95. The van der Waals surface area contributed by atoms with Gasteiger partial charge in [0.15, 0.2) is 0 Å². The van der Waals surface area contributed by atoms with E-state index in [1.807, 2.05) is 6.92 Å². The SMILES string of the molecule is C#C/C(C)=C(/CCC)c1ccc(/C(C)=C/C=C(\C)C(=C)CC)cc1. The zero-order valence-corrected chi connectivity index (χ0v) is 15.9. The molecule has 126 valence electrons. The highest BCUT2D eigenvalue weighted by Crippen LogP contribution is 2.25. The molecule has 0 N–H and O–H groups in total. The molecule has 0 aliphatic rings. The van der Waals surface area contributed by atoms with E-state index in [0.29, 0.717) is 0 Å². The Kier molecular flexibility index (Phi) is 8.07. The largest absolute Gasteiger partial charge is 0.115 e. The third kappa shape index (κ3) is 5.43. The first-order valence-corrected chi connectivity index (χ1v) is 8.75. The summed E-state index contributed by atoms with van der Waals surface area (Å²) < 4.78 is 0. The Hall–Kier alpha value is -2.26. The van der Waals surface area contributed by atoms with Gasteiger partial charge in [-0.05, 0) is 61.5 Å². The number of hydrogen-bond donors (Lipinski definition) is 0. The van der Waals surface area contributed by atoms with Crippen molar-refractivity contribution in [2.45, 2.75) is 53.9 Å². The van der Waals surface area contributed by atoms with Gasteiger partial charge in [0.05, 0.1) is 0 Å². The van der Waals surface area contributed by atoms with Gasteiger partial charge in [0, 0.05) is 5.57 Å². The summed E-state index contributed by atoms with van der Waals surface area (Å²) in [6.07, 6.45) is 13.0. The molecule has 0 fully saturated rings. The van der Waals surface area contributed by atoms with E-state index in [1.165, 1.54) is 33.4 Å². The van der Waals surface area contributed by atoms with Crippen LogP contribution in [0.1, 0.15) is 65.0 Å². The maximum Gasteiger partial charge on any atom is 0.00245 e. The molecule has 0 heteroatoms. The fourth-order valence-corrected chi connectivity index (χ4v) is 2.56. The van der Waals surface area contributed by atoms with E-state index >= 15 is 0 Å². The lowest BCUT2D eigenvalue weighted by Gasteiger charge is -2.10. The smallest absolute Gasteiger partial charge is 0.00245 e. The van der Waals surface area contributed by atoms with Crippen LogP contribution >= 0.6 is 0 Å². The highest BCUT2D eigenvalue weighted by atomic mass is 14.1. The quantitative estimate of drug-likeness (QED) is 0.368. The minimum atomic E-state index is 0.991. The summed E-state index contributed by atoms with van der Waals surface area (Å²) in [7, 11) is 0. The summed E-state index contributed by atoms with van der Waals surface area (Å²) in [5.41, 5.74) is 8.46. The molecule has 0 spiro atoms. The molecule has 0 bridgehead atoms. The molecular formula is C24H30. The first kappa shape index (κ1) is 19.8. The van der Waals surface area contributed by atoms with Crippen molar-refractivity contribution in [1.82, 2.24) is 0 Å². The second kappa shape index (κ2) is 9.78. The summed E-state index contributed by atoms with van der Waals surface area (Å²) in [6, 6.07) is 8.72. The Morgan fingerprint density at radius 3 is 2.12 bits per heavy atom. The van der Waals surface area contributed by atoms with Crippen molar-refractivity contribution in [3.8, 4) is 12.3 Å². The number of rotatable bonds is 7. The van der Waals surface area contributed by atoms with Crippen molar-refractivity contribution in [3.05, 3.63) is 70.8 Å². The van der Waals surface area contributed by atoms with E-state index in [9.17, 15) is 0 Å². The fourth-order valence-electron chi connectivity index (χ4n) is 2.56. The van der Waals surface area contributed by atoms with Crippen molar-refractivity contribution < 1.29 is 0 Å². The van der Waals surface area contributed by atoms with Gasteiger partial charge in [-0.2, -0.15) is 0 Å². The van der Waals surface area contributed by atoms with Gasteiger partial charge >= 0.3 is 0 Å². The lowest BCUT2D eigenvalue weighted by Crippen LogP contribution is -1.90. The maximum absolute atomic E-state index is 5.59. The Balaban J connectivity index is 3.07. The molecular weight excluding hydrogens is 288 g/mol. The monoisotopic (exact) mass is 318 g/mol. The van der Waals surface area contributed by atoms with Gasteiger partial charge in [-0.15, -0.1) is 6.42 Å². The molecule has 0 radical (unpaired) electrons. The zero-order chi connectivity index (χ0) is 18.1. The third-order valence-electron chi connectivity index (χ3n) is 4.43. The molecule has 0 atom stereocenters. The van der Waals surface area contributed by atoms with Crippen molar-refractivity contribution in [3.63, 3.8) is 0 Å². The molecule has 0 aliphatic heterocycles. The summed E-state index contributed by atoms with van der Waals surface area (Å²) in [5, 5.41) is 0. The predicted octanol–water partition coefficient (Wildman–Crippen LogP) is 7.21. The van der Waals surface area contributed by atoms with E-state index in [4.69, 9.17) is 6.42 Å². The highest BCUT2D eigenvalue weighted by Gasteiger charge is 2.05. The van der Waals surface area contributed by atoms with Crippen LogP contribution in [0.5, 0.6) is 0 Å². The number of benzene rings is 1. The zero-order valence-electron chi connectivity index (χ0n) is 15.9. The molecule has 0 heterocycles. The summed E-state index contributed by atoms with van der Waals surface area (Å²) in [5.74, 6) is 2.79. The van der Waals surface area contributed by atoms with Crippen LogP contribution in [0.25, 0.3) is 11.1 Å². The van der Waals surface area contributed by atoms with Crippen LogP contribution in [0.15, 0.2) is 59.7 Å². The normalized spacial score (nSPS) is 13.3. The molecule has 0 aromatic heterocycles. The average molecular weight is 319 g/mol. The molecule has 0 saturated heterocycles. The Labute approximate surface area is 148 Å². The maximum atomic E-state index is 5.59. The molecule has 1 rings (SSSR count). The molecule has 0 unspecified atom stereocenters. The van der Waals surface area contributed by atoms with E-state index in [-0.39, 0.29) is 0 Å². The molecule has 0 amide bonds. The molecule has 0 aliphatic carbocycles. The summed E-state index contributed by atoms with van der Waals surface area (Å²) >= 11 is 0. The van der Waals surface area contributed by atoms with Gasteiger partial charge in [-0.25, -0.2) is 0 Å². The predicted molar refractivity (Wildman–Crippen MR) is 110 cm³/mol. The summed E-state index contributed by atoms with van der Waals surface area (Å²) in [4.78, 5) is 0. The van der Waals surface area contributed by atoms with Gasteiger partial charge < -0.3 is 0 Å². The van der Waals surface area contributed by atoms with Crippen LogP contribution < -0.4 is 0 Å². The second-order valence-electron chi connectivity index (χ2n) is 6.23. The van der Waals surface area contributed by atoms with Crippen molar-refractivity contribution in [2.24, 2.45) is 0 Å². The Morgan fingerprint density at radius 1 is 1.04 bits per heavy atom. The molecule has 1 aromatic carbocycles. The van der Waals surface area contributed by atoms with Gasteiger partial charge in [-0.3, -0.25) is 0 Å². The molecule has 0 saturated carbocycles. The fraction of sp³-hybridized carbons (Fsp3) is 0.333. The average Bonchev–Trinajstić information content (AvgIpc) is 2.62. The summed E-state index contributed by atoms with van der Waals surface area (Å²) in [6.45, 7) is 14.7. The first-order valence-electron chi connectivity index (χ1n) is 8.75. The van der Waals surface area contributed by atoms with E-state index in [1.54, 1.807) is 0 Å². The van der Waals surface area contributed by atoms with Crippen molar-refractivity contribution in [1.29, 1.82) is 0 Å². The Morgan fingerprint density at radius 2 is 1.62 bits per heavy atom. The first-order chi connectivity index (χ1) is 11.4. The third-order valence-corrected chi connectivity index (χ3v) is 4.43. The van der Waals surface area contributed by atoms with Gasteiger partial charge in [-0.1, -0.05) is 74.8 Å². The van der Waals surface area contributed by atoms with Crippen LogP contribution in [-0.4, -0.2) is 0 Å². The number of allylic oxidation sites excluding steroid dienone is 7. The van der Waals surface area contributed by atoms with Crippen molar-refractivity contribution >= 4 is 11.1 Å². The second-order valence-corrected chi connectivity index (χ2v) is 6.23. The lowest BCUT2D eigenvalue weighted by molar-refractivity contribution is 0.969. The number of terminal acetylenes is 1. The molecule has 1 aromatic rings. The standard InChI is InChI=1S/C24H30/c1-8-11-24(19(5)10-3)23-16-14-22(15-17-23)21(7)13-12-20(6)18(4)9-2/h3,12-17H,4,8-9,11H2,1-2,5-7H3/b20-12+,21-13+,24-19-. The van der Waals surface area contributed by atoms with Gasteiger partial charge in [0.2, 0.25) is 0 Å². The highest BCUT2D eigenvalue weighted by molar-refractivity contribution is 5.74. The van der Waals surface area contributed by atoms with Crippen LogP contribution in [0.3, 0.4) is 0 Å². The van der Waals surface area contributed by atoms with Crippen LogP contribution in [-0.2, 0) is 0 Å².